The highest BCUT2D eigenvalue weighted by Crippen LogP contribution is 2.38. The molecule has 1 heterocycles. The molecular formula is C20H27N3O3. The molecule has 1 aliphatic heterocycles. The van der Waals surface area contributed by atoms with E-state index in [1.165, 1.54) is 0 Å². The van der Waals surface area contributed by atoms with E-state index in [0.29, 0.717) is 13.0 Å². The van der Waals surface area contributed by atoms with Gasteiger partial charge < -0.3 is 10.6 Å². The van der Waals surface area contributed by atoms with Crippen LogP contribution in [0.25, 0.3) is 0 Å². The van der Waals surface area contributed by atoms with Crippen molar-refractivity contribution in [1.82, 2.24) is 15.5 Å². The highest BCUT2D eigenvalue weighted by molar-refractivity contribution is 6.09. The molecule has 6 heteroatoms. The Balaban J connectivity index is 1.57. The van der Waals surface area contributed by atoms with Gasteiger partial charge in [-0.1, -0.05) is 57.0 Å². The maximum absolute atomic E-state index is 12.9. The molecule has 1 aliphatic carbocycles. The third-order valence-corrected chi connectivity index (χ3v) is 5.78. The second-order valence-electron chi connectivity index (χ2n) is 7.56. The molecule has 1 aromatic carbocycles. The van der Waals surface area contributed by atoms with Gasteiger partial charge in [-0.2, -0.15) is 0 Å². The molecule has 140 valence electrons. The zero-order chi connectivity index (χ0) is 18.7. The van der Waals surface area contributed by atoms with Crippen LogP contribution in [0.4, 0.5) is 4.79 Å². The smallest absolute Gasteiger partial charge is 0.325 e. The number of nitrogens with one attached hydrogen (secondary N) is 2. The highest BCUT2D eigenvalue weighted by atomic mass is 16.2. The summed E-state index contributed by atoms with van der Waals surface area (Å²) in [4.78, 5) is 38.5. The van der Waals surface area contributed by atoms with Crippen LogP contribution in [0.5, 0.6) is 0 Å². The Kier molecular flexibility index (Phi) is 5.30. The quantitative estimate of drug-likeness (QED) is 0.795. The Bertz CT molecular complexity index is 691. The minimum absolute atomic E-state index is 0.0962. The number of hydrogen-bond donors (Lipinski definition) is 2. The van der Waals surface area contributed by atoms with E-state index in [1.54, 1.807) is 0 Å². The van der Waals surface area contributed by atoms with Gasteiger partial charge >= 0.3 is 6.03 Å². The van der Waals surface area contributed by atoms with Crippen LogP contribution in [0.1, 0.15) is 51.0 Å². The van der Waals surface area contributed by atoms with Crippen molar-refractivity contribution < 1.29 is 14.4 Å². The summed E-state index contributed by atoms with van der Waals surface area (Å²) >= 11 is 0. The van der Waals surface area contributed by atoms with E-state index in [2.05, 4.69) is 10.6 Å². The van der Waals surface area contributed by atoms with Gasteiger partial charge in [0.1, 0.15) is 12.1 Å². The lowest BCUT2D eigenvalue weighted by Crippen LogP contribution is -2.54. The minimum atomic E-state index is -0.813. The van der Waals surface area contributed by atoms with Crippen LogP contribution < -0.4 is 10.6 Å². The van der Waals surface area contributed by atoms with Gasteiger partial charge in [-0.05, 0) is 30.2 Å². The van der Waals surface area contributed by atoms with Gasteiger partial charge in [0.05, 0.1) is 0 Å². The molecule has 2 fully saturated rings. The fourth-order valence-electron chi connectivity index (χ4n) is 4.00. The maximum atomic E-state index is 12.9. The normalized spacial score (nSPS) is 26.7. The van der Waals surface area contributed by atoms with E-state index in [9.17, 15) is 14.4 Å². The number of rotatable bonds is 5. The average molecular weight is 357 g/mol. The molecule has 2 N–H and O–H groups in total. The molecule has 3 atom stereocenters. The number of nitrogens with zero attached hydrogens (tertiary/aromatic N) is 1. The molecular weight excluding hydrogens is 330 g/mol. The first-order valence-electron chi connectivity index (χ1n) is 9.40. The standard InChI is InChI=1S/C20H27N3O3/c1-14(16-9-4-3-5-10-16)12-21-17(24)13-23-18(25)20(22-19(23)26)11-7-6-8-15(20)2/h3-5,9-10,14-15H,6-8,11-13H2,1-2H3,(H,21,24)(H,22,26)/t14-,15+,20-/m1/s1. The summed E-state index contributed by atoms with van der Waals surface area (Å²) in [6.07, 6.45) is 3.57. The summed E-state index contributed by atoms with van der Waals surface area (Å²) in [6.45, 7) is 4.28. The number of amides is 4. The molecule has 0 radical (unpaired) electrons. The number of benzene rings is 1. The topological polar surface area (TPSA) is 78.5 Å². The van der Waals surface area contributed by atoms with E-state index in [1.807, 2.05) is 44.2 Å². The summed E-state index contributed by atoms with van der Waals surface area (Å²) in [6, 6.07) is 9.46. The van der Waals surface area contributed by atoms with E-state index >= 15 is 0 Å². The Hall–Kier alpha value is -2.37. The van der Waals surface area contributed by atoms with Crippen molar-refractivity contribution in [2.45, 2.75) is 51.0 Å². The van der Waals surface area contributed by atoms with Gasteiger partial charge in [0, 0.05) is 6.54 Å². The first-order chi connectivity index (χ1) is 12.4. The lowest BCUT2D eigenvalue weighted by Gasteiger charge is -2.36. The lowest BCUT2D eigenvalue weighted by molar-refractivity contribution is -0.137. The number of carbonyl (C=O) groups is 3. The van der Waals surface area contributed by atoms with Crippen LogP contribution in [0.3, 0.4) is 0 Å². The molecule has 1 aromatic rings. The Morgan fingerprint density at radius 1 is 1.31 bits per heavy atom. The lowest BCUT2D eigenvalue weighted by atomic mass is 9.73. The van der Waals surface area contributed by atoms with Crippen LogP contribution in [0.2, 0.25) is 0 Å². The summed E-state index contributed by atoms with van der Waals surface area (Å²) in [5.41, 5.74) is 0.324. The summed E-state index contributed by atoms with van der Waals surface area (Å²) in [5, 5.41) is 5.71. The van der Waals surface area contributed by atoms with Gasteiger partial charge in [0.2, 0.25) is 5.91 Å². The zero-order valence-corrected chi connectivity index (χ0v) is 15.5. The van der Waals surface area contributed by atoms with Crippen LogP contribution >= 0.6 is 0 Å². The van der Waals surface area contributed by atoms with Crippen LogP contribution in [-0.2, 0) is 9.59 Å². The molecule has 0 bridgehead atoms. The molecule has 2 aliphatic rings. The molecule has 0 aromatic heterocycles. The number of imide groups is 1. The maximum Gasteiger partial charge on any atom is 0.325 e. The van der Waals surface area contributed by atoms with Crippen molar-refractivity contribution in [3.63, 3.8) is 0 Å². The largest absolute Gasteiger partial charge is 0.354 e. The predicted octanol–water partition coefficient (Wildman–Crippen LogP) is 2.41. The molecule has 26 heavy (non-hydrogen) atoms. The second kappa shape index (κ2) is 7.48. The summed E-state index contributed by atoms with van der Waals surface area (Å²) in [7, 11) is 0. The van der Waals surface area contributed by atoms with Gasteiger partial charge in [-0.25, -0.2) is 4.79 Å². The molecule has 6 nitrogen and oxygen atoms in total. The molecule has 4 amide bonds. The van der Waals surface area contributed by atoms with Gasteiger partial charge in [0.15, 0.2) is 0 Å². The van der Waals surface area contributed by atoms with Crippen molar-refractivity contribution in [2.24, 2.45) is 5.92 Å². The first kappa shape index (κ1) is 18.4. The van der Waals surface area contributed by atoms with E-state index in [-0.39, 0.29) is 30.2 Å². The number of urea groups is 1. The number of carbonyl (C=O) groups excluding carboxylic acids is 3. The van der Waals surface area contributed by atoms with Crippen LogP contribution in [-0.4, -0.2) is 41.4 Å². The van der Waals surface area contributed by atoms with Crippen molar-refractivity contribution >= 4 is 17.8 Å². The zero-order valence-electron chi connectivity index (χ0n) is 15.5. The average Bonchev–Trinajstić information content (AvgIpc) is 2.88. The summed E-state index contributed by atoms with van der Waals surface area (Å²) < 4.78 is 0. The van der Waals surface area contributed by atoms with Crippen molar-refractivity contribution in [2.75, 3.05) is 13.1 Å². The molecule has 0 unspecified atom stereocenters. The third kappa shape index (κ3) is 3.45. The Labute approximate surface area is 154 Å². The van der Waals surface area contributed by atoms with Crippen molar-refractivity contribution in [3.8, 4) is 0 Å². The third-order valence-electron chi connectivity index (χ3n) is 5.78. The van der Waals surface area contributed by atoms with Crippen LogP contribution in [0.15, 0.2) is 30.3 Å². The van der Waals surface area contributed by atoms with Gasteiger partial charge in [-0.15, -0.1) is 0 Å². The molecule has 1 spiro atoms. The van der Waals surface area contributed by atoms with Crippen LogP contribution in [0, 0.1) is 5.92 Å². The SMILES string of the molecule is C[C@H](CNC(=O)CN1C(=O)N[C@@]2(CCCC[C@@H]2C)C1=O)c1ccccc1. The highest BCUT2D eigenvalue weighted by Gasteiger charge is 2.55. The number of hydrogen-bond acceptors (Lipinski definition) is 3. The molecule has 1 saturated heterocycles. The first-order valence-corrected chi connectivity index (χ1v) is 9.40. The minimum Gasteiger partial charge on any atom is -0.354 e. The van der Waals surface area contributed by atoms with Gasteiger partial charge in [-0.3, -0.25) is 14.5 Å². The monoisotopic (exact) mass is 357 g/mol. The Morgan fingerprint density at radius 2 is 2.04 bits per heavy atom. The van der Waals surface area contributed by atoms with Crippen molar-refractivity contribution in [1.29, 1.82) is 0 Å². The van der Waals surface area contributed by atoms with E-state index < -0.39 is 11.6 Å². The fourth-order valence-corrected chi connectivity index (χ4v) is 4.00. The molecule has 1 saturated carbocycles. The fraction of sp³-hybridized carbons (Fsp3) is 0.550. The van der Waals surface area contributed by atoms with Crippen molar-refractivity contribution in [3.05, 3.63) is 35.9 Å². The van der Waals surface area contributed by atoms with E-state index in [0.717, 1.165) is 29.7 Å². The Morgan fingerprint density at radius 3 is 2.73 bits per heavy atom. The second-order valence-corrected chi connectivity index (χ2v) is 7.56. The van der Waals surface area contributed by atoms with Gasteiger partial charge in [0.25, 0.3) is 5.91 Å². The molecule has 3 rings (SSSR count). The summed E-state index contributed by atoms with van der Waals surface area (Å²) in [5.74, 6) is -0.301. The predicted molar refractivity (Wildman–Crippen MR) is 98.5 cm³/mol. The van der Waals surface area contributed by atoms with E-state index in [4.69, 9.17) is 0 Å².